The molecular weight excluding hydrogens is 585 g/mol. The van der Waals surface area contributed by atoms with Crippen LogP contribution in [-0.4, -0.2) is 9.55 Å². The minimum Gasteiger partial charge on any atom is -0.308 e. The maximum atomic E-state index is 4.87. The van der Waals surface area contributed by atoms with E-state index in [0.29, 0.717) is 0 Å². The van der Waals surface area contributed by atoms with Gasteiger partial charge in [-0.15, -0.1) is 22.7 Å². The molecule has 45 heavy (non-hydrogen) atoms. The molecule has 0 amide bonds. The highest BCUT2D eigenvalue weighted by molar-refractivity contribution is 7.30. The van der Waals surface area contributed by atoms with E-state index in [2.05, 4.69) is 132 Å². The molecule has 0 aliphatic heterocycles. The second-order valence-corrected chi connectivity index (χ2v) is 13.9. The maximum Gasteiger partial charge on any atom is 0.124 e. The van der Waals surface area contributed by atoms with Crippen LogP contribution in [0.15, 0.2) is 134 Å². The van der Waals surface area contributed by atoms with Crippen molar-refractivity contribution in [2.24, 2.45) is 0 Å². The Morgan fingerprint density at radius 1 is 0.444 bits per heavy atom. The highest BCUT2D eigenvalue weighted by Gasteiger charge is 2.24. The summed E-state index contributed by atoms with van der Waals surface area (Å²) in [5, 5.41) is 15.6. The molecule has 0 atom stereocenters. The topological polar surface area (TPSA) is 17.8 Å². The first kappa shape index (κ1) is 24.1. The molecule has 0 aliphatic carbocycles. The average molecular weight is 607 g/mol. The molecule has 0 spiro atoms. The van der Waals surface area contributed by atoms with Crippen molar-refractivity contribution in [1.82, 2.24) is 9.55 Å². The number of hydrogen-bond acceptors (Lipinski definition) is 3. The van der Waals surface area contributed by atoms with Gasteiger partial charge >= 0.3 is 0 Å². The van der Waals surface area contributed by atoms with Gasteiger partial charge in [0.25, 0.3) is 0 Å². The molecule has 4 heterocycles. The van der Waals surface area contributed by atoms with Gasteiger partial charge in [-0.25, -0.2) is 4.98 Å². The van der Waals surface area contributed by atoms with Gasteiger partial charge in [-0.2, -0.15) is 0 Å². The molecule has 4 heteroatoms. The van der Waals surface area contributed by atoms with Crippen LogP contribution in [-0.2, 0) is 0 Å². The molecule has 0 radical (unpaired) electrons. The van der Waals surface area contributed by atoms with Gasteiger partial charge in [0.1, 0.15) is 4.83 Å². The van der Waals surface area contributed by atoms with Crippen LogP contribution in [0.1, 0.15) is 0 Å². The molecule has 7 aromatic carbocycles. The molecule has 208 valence electrons. The van der Waals surface area contributed by atoms with Crippen LogP contribution in [0.3, 0.4) is 0 Å². The van der Waals surface area contributed by atoms with Gasteiger partial charge in [0.05, 0.1) is 11.0 Å². The third-order valence-corrected chi connectivity index (χ3v) is 11.9. The number of hydrogen-bond donors (Lipinski definition) is 0. The Labute approximate surface area is 265 Å². The normalized spacial score (nSPS) is 12.4. The SMILES string of the molecule is c1ccc2c(c1)sc1c2c2sc3ncccc3c2c2c1c1ccccc1n2-c1ccc2c3ccccc3c3ccccc3c2c1. The second-order valence-electron chi connectivity index (χ2n) is 11.9. The largest absolute Gasteiger partial charge is 0.308 e. The van der Waals surface area contributed by atoms with Crippen LogP contribution in [0.25, 0.3) is 100 Å². The molecule has 0 unspecified atom stereocenters. The van der Waals surface area contributed by atoms with Crippen molar-refractivity contribution in [2.75, 3.05) is 0 Å². The Hall–Kier alpha value is -5.29. The summed E-state index contributed by atoms with van der Waals surface area (Å²) in [7, 11) is 0. The van der Waals surface area contributed by atoms with Gasteiger partial charge in [-0.3, -0.25) is 0 Å². The molecule has 11 aromatic rings. The molecule has 0 aliphatic rings. The van der Waals surface area contributed by atoms with Crippen LogP contribution >= 0.6 is 22.7 Å². The summed E-state index contributed by atoms with van der Waals surface area (Å²) in [6.07, 6.45) is 1.92. The van der Waals surface area contributed by atoms with E-state index in [0.717, 1.165) is 4.83 Å². The Bertz CT molecular complexity index is 2980. The third kappa shape index (κ3) is 3.05. The number of thiophene rings is 2. The maximum absolute atomic E-state index is 4.87. The summed E-state index contributed by atoms with van der Waals surface area (Å²) < 4.78 is 6.54. The minimum atomic E-state index is 1.09. The van der Waals surface area contributed by atoms with Gasteiger partial charge in [0.15, 0.2) is 0 Å². The fraction of sp³-hybridized carbons (Fsp3) is 0. The van der Waals surface area contributed by atoms with Crippen LogP contribution in [0.2, 0.25) is 0 Å². The average Bonchev–Trinajstić information content (AvgIpc) is 3.78. The highest BCUT2D eigenvalue weighted by atomic mass is 32.1. The summed E-state index contributed by atoms with van der Waals surface area (Å²) in [4.78, 5) is 5.96. The van der Waals surface area contributed by atoms with Crippen LogP contribution in [0, 0.1) is 0 Å². The first-order valence-corrected chi connectivity index (χ1v) is 16.9. The Morgan fingerprint density at radius 3 is 1.80 bits per heavy atom. The Balaban J connectivity index is 1.40. The van der Waals surface area contributed by atoms with E-state index in [4.69, 9.17) is 4.98 Å². The highest BCUT2D eigenvalue weighted by Crippen LogP contribution is 2.52. The summed E-state index contributed by atoms with van der Waals surface area (Å²) >= 11 is 3.75. The molecule has 0 fully saturated rings. The van der Waals surface area contributed by atoms with Gasteiger partial charge in [-0.1, -0.05) is 91.0 Å². The predicted molar refractivity (Wildman–Crippen MR) is 197 cm³/mol. The Kier molecular flexibility index (Phi) is 4.64. The van der Waals surface area contributed by atoms with E-state index in [9.17, 15) is 0 Å². The van der Waals surface area contributed by atoms with Crippen LogP contribution in [0.4, 0.5) is 0 Å². The first-order valence-electron chi connectivity index (χ1n) is 15.2. The van der Waals surface area contributed by atoms with Gasteiger partial charge in [0, 0.05) is 58.3 Å². The van der Waals surface area contributed by atoms with Crippen LogP contribution in [0.5, 0.6) is 0 Å². The second kappa shape index (κ2) is 8.66. The number of nitrogens with zero attached hydrogens (tertiary/aromatic N) is 2. The first-order chi connectivity index (χ1) is 22.3. The zero-order chi connectivity index (χ0) is 29.2. The van der Waals surface area contributed by atoms with Crippen molar-refractivity contribution in [2.45, 2.75) is 0 Å². The number of para-hydroxylation sites is 1. The molecule has 4 aromatic heterocycles. The molecule has 0 saturated carbocycles. The Morgan fingerprint density at radius 2 is 1.02 bits per heavy atom. The van der Waals surface area contributed by atoms with Crippen molar-refractivity contribution >= 4 is 117 Å². The van der Waals surface area contributed by atoms with Crippen molar-refractivity contribution in [3.05, 3.63) is 134 Å². The molecular formula is C41H22N2S2. The molecule has 2 nitrogen and oxygen atoms in total. The third-order valence-electron chi connectivity index (χ3n) is 9.61. The summed E-state index contributed by atoms with van der Waals surface area (Å²) in [6.45, 7) is 0. The number of pyridine rings is 1. The summed E-state index contributed by atoms with van der Waals surface area (Å²) in [5.41, 5.74) is 3.68. The van der Waals surface area contributed by atoms with E-state index in [-0.39, 0.29) is 0 Å². The minimum absolute atomic E-state index is 1.09. The number of rotatable bonds is 1. The van der Waals surface area contributed by atoms with Gasteiger partial charge in [0.2, 0.25) is 0 Å². The summed E-state index contributed by atoms with van der Waals surface area (Å²) in [5.74, 6) is 0. The van der Waals surface area contributed by atoms with Gasteiger partial charge in [-0.05, 0) is 68.7 Å². The predicted octanol–water partition coefficient (Wildman–Crippen LogP) is 12.4. The van der Waals surface area contributed by atoms with E-state index in [1.807, 2.05) is 28.9 Å². The van der Waals surface area contributed by atoms with Crippen molar-refractivity contribution in [3.63, 3.8) is 0 Å². The molecule has 0 saturated heterocycles. The molecule has 0 N–H and O–H groups in total. The van der Waals surface area contributed by atoms with Crippen molar-refractivity contribution < 1.29 is 0 Å². The molecule has 0 bridgehead atoms. The summed E-state index contributed by atoms with van der Waals surface area (Å²) in [6, 6.07) is 46.9. The van der Waals surface area contributed by atoms with E-state index in [1.165, 1.54) is 95.5 Å². The number of fused-ring (bicyclic) bond motifs is 18. The zero-order valence-electron chi connectivity index (χ0n) is 23.9. The standard InChI is InChI=1S/C41H22N2S2/c1-2-12-26-24(10-1)25-11-3-4-13-27(25)32-22-23(19-20-28(26)32)43-33-17-7-5-14-29(33)35-38(43)36-31-16-9-21-42-41(31)45-40(36)37-30-15-6-8-18-34(30)44-39(35)37/h1-22H. The smallest absolute Gasteiger partial charge is 0.124 e. The van der Waals surface area contributed by atoms with E-state index < -0.39 is 0 Å². The van der Waals surface area contributed by atoms with Crippen LogP contribution < -0.4 is 0 Å². The van der Waals surface area contributed by atoms with Gasteiger partial charge < -0.3 is 4.57 Å². The lowest BCUT2D eigenvalue weighted by molar-refractivity contribution is 1.19. The lowest BCUT2D eigenvalue weighted by atomic mass is 9.94. The molecule has 11 rings (SSSR count). The quantitative estimate of drug-likeness (QED) is 0.170. The lowest BCUT2D eigenvalue weighted by Gasteiger charge is -2.14. The monoisotopic (exact) mass is 606 g/mol. The fourth-order valence-corrected chi connectivity index (χ4v) is 10.3. The van der Waals surface area contributed by atoms with E-state index >= 15 is 0 Å². The fourth-order valence-electron chi connectivity index (χ4n) is 7.80. The lowest BCUT2D eigenvalue weighted by Crippen LogP contribution is -1.95. The van der Waals surface area contributed by atoms with Crippen molar-refractivity contribution in [3.8, 4) is 5.69 Å². The number of benzene rings is 7. The van der Waals surface area contributed by atoms with Crippen molar-refractivity contribution in [1.29, 1.82) is 0 Å². The zero-order valence-corrected chi connectivity index (χ0v) is 25.5. The number of aromatic nitrogens is 2. The van der Waals surface area contributed by atoms with E-state index in [1.54, 1.807) is 0 Å².